The lowest BCUT2D eigenvalue weighted by molar-refractivity contribution is -0.158. The second-order valence-electron chi connectivity index (χ2n) is 6.19. The Balaban J connectivity index is 1.65. The van der Waals surface area contributed by atoms with Crippen LogP contribution in [0.4, 0.5) is 0 Å². The highest BCUT2D eigenvalue weighted by Crippen LogP contribution is 2.36. The molecule has 1 amide bonds. The summed E-state index contributed by atoms with van der Waals surface area (Å²) in [6, 6.07) is 14.9. The van der Waals surface area contributed by atoms with Crippen LogP contribution in [-0.2, 0) is 14.3 Å². The van der Waals surface area contributed by atoms with E-state index in [0.29, 0.717) is 19.8 Å². The zero-order valence-corrected chi connectivity index (χ0v) is 13.1. The van der Waals surface area contributed by atoms with Crippen molar-refractivity contribution >= 4 is 16.7 Å². The third-order valence-corrected chi connectivity index (χ3v) is 4.81. The van der Waals surface area contributed by atoms with Crippen molar-refractivity contribution in [3.63, 3.8) is 0 Å². The van der Waals surface area contributed by atoms with Crippen LogP contribution in [0.3, 0.4) is 0 Å². The van der Waals surface area contributed by atoms with Gasteiger partial charge in [-0.25, -0.2) is 0 Å². The predicted octanol–water partition coefficient (Wildman–Crippen LogP) is 2.92. The standard InChI is InChI=1S/C19H21NO3/c21-19(18-13-22-11-12-23-18)20-10-4-9-17(20)16-8-3-6-14-5-1-2-7-15(14)16/h1-3,5-8,17-18H,4,9-13H2/t17-,18-/m1/s1. The predicted molar refractivity (Wildman–Crippen MR) is 88.2 cm³/mol. The average Bonchev–Trinajstić information content (AvgIpc) is 3.11. The summed E-state index contributed by atoms with van der Waals surface area (Å²) in [5, 5.41) is 2.46. The SMILES string of the molecule is O=C([C@H]1COCCO1)N1CCC[C@@H]1c1cccc2ccccc12. The molecule has 120 valence electrons. The molecule has 2 aromatic rings. The van der Waals surface area contributed by atoms with Crippen LogP contribution in [0.1, 0.15) is 24.4 Å². The summed E-state index contributed by atoms with van der Waals surface area (Å²) in [4.78, 5) is 14.8. The Morgan fingerprint density at radius 1 is 1.09 bits per heavy atom. The lowest BCUT2D eigenvalue weighted by atomic mass is 9.97. The summed E-state index contributed by atoms with van der Waals surface area (Å²) in [6.45, 7) is 2.25. The molecule has 2 heterocycles. The van der Waals surface area contributed by atoms with Gasteiger partial charge in [0.2, 0.25) is 0 Å². The normalized spacial score (nSPS) is 25.0. The monoisotopic (exact) mass is 311 g/mol. The highest BCUT2D eigenvalue weighted by Gasteiger charge is 2.35. The van der Waals surface area contributed by atoms with Gasteiger partial charge < -0.3 is 14.4 Å². The third kappa shape index (κ3) is 2.73. The maximum absolute atomic E-state index is 12.8. The van der Waals surface area contributed by atoms with Gasteiger partial charge in [0.25, 0.3) is 5.91 Å². The van der Waals surface area contributed by atoms with Gasteiger partial charge in [0.15, 0.2) is 6.10 Å². The lowest BCUT2D eigenvalue weighted by Gasteiger charge is -2.31. The zero-order valence-electron chi connectivity index (χ0n) is 13.1. The van der Waals surface area contributed by atoms with Crippen molar-refractivity contribution in [2.45, 2.75) is 25.0 Å². The molecular formula is C19H21NO3. The number of rotatable bonds is 2. The number of hydrogen-bond acceptors (Lipinski definition) is 3. The lowest BCUT2D eigenvalue weighted by Crippen LogP contribution is -2.45. The molecule has 0 spiro atoms. The molecule has 0 aromatic heterocycles. The fourth-order valence-corrected chi connectivity index (χ4v) is 3.71. The molecule has 0 saturated carbocycles. The summed E-state index contributed by atoms with van der Waals surface area (Å²) in [6.07, 6.45) is 1.60. The quantitative estimate of drug-likeness (QED) is 0.856. The van der Waals surface area contributed by atoms with Crippen LogP contribution in [0.2, 0.25) is 0 Å². The maximum atomic E-state index is 12.8. The molecule has 2 saturated heterocycles. The van der Waals surface area contributed by atoms with E-state index in [1.54, 1.807) is 0 Å². The van der Waals surface area contributed by atoms with E-state index in [1.165, 1.54) is 16.3 Å². The number of amides is 1. The average molecular weight is 311 g/mol. The van der Waals surface area contributed by atoms with Gasteiger partial charge in [-0.2, -0.15) is 0 Å². The van der Waals surface area contributed by atoms with Crippen LogP contribution in [0.15, 0.2) is 42.5 Å². The van der Waals surface area contributed by atoms with E-state index < -0.39 is 6.10 Å². The molecule has 2 atom stereocenters. The number of ether oxygens (including phenoxy) is 2. The summed E-state index contributed by atoms with van der Waals surface area (Å²) in [5.41, 5.74) is 1.24. The Hall–Kier alpha value is -1.91. The molecule has 4 heteroatoms. The number of carbonyl (C=O) groups is 1. The fourth-order valence-electron chi connectivity index (χ4n) is 3.71. The number of nitrogens with zero attached hydrogens (tertiary/aromatic N) is 1. The first kappa shape index (κ1) is 14.7. The first-order valence-electron chi connectivity index (χ1n) is 8.32. The van der Waals surface area contributed by atoms with Gasteiger partial charge in [0.1, 0.15) is 0 Å². The summed E-state index contributed by atoms with van der Waals surface area (Å²) >= 11 is 0. The van der Waals surface area contributed by atoms with E-state index in [4.69, 9.17) is 9.47 Å². The van der Waals surface area contributed by atoms with Crippen LogP contribution in [0, 0.1) is 0 Å². The molecule has 0 bridgehead atoms. The van der Waals surface area contributed by atoms with Gasteiger partial charge in [0, 0.05) is 6.54 Å². The number of fused-ring (bicyclic) bond motifs is 1. The van der Waals surface area contributed by atoms with Crippen LogP contribution < -0.4 is 0 Å². The molecule has 0 aliphatic carbocycles. The van der Waals surface area contributed by atoms with Crippen molar-refractivity contribution in [2.75, 3.05) is 26.4 Å². The Labute approximate surface area is 136 Å². The Morgan fingerprint density at radius 2 is 1.96 bits per heavy atom. The van der Waals surface area contributed by atoms with E-state index in [2.05, 4.69) is 42.5 Å². The van der Waals surface area contributed by atoms with Gasteiger partial charge in [-0.15, -0.1) is 0 Å². The van der Waals surface area contributed by atoms with E-state index in [1.807, 2.05) is 4.90 Å². The highest BCUT2D eigenvalue weighted by molar-refractivity contribution is 5.87. The Bertz CT molecular complexity index is 703. The number of benzene rings is 2. The van der Waals surface area contributed by atoms with Crippen molar-refractivity contribution in [3.8, 4) is 0 Å². The first-order valence-corrected chi connectivity index (χ1v) is 8.32. The number of carbonyl (C=O) groups excluding carboxylic acids is 1. The minimum atomic E-state index is -0.445. The van der Waals surface area contributed by atoms with E-state index in [9.17, 15) is 4.79 Å². The van der Waals surface area contributed by atoms with Crippen molar-refractivity contribution in [2.24, 2.45) is 0 Å². The van der Waals surface area contributed by atoms with Gasteiger partial charge in [-0.1, -0.05) is 42.5 Å². The molecule has 4 rings (SSSR count). The Morgan fingerprint density at radius 3 is 2.83 bits per heavy atom. The molecule has 2 fully saturated rings. The molecule has 0 N–H and O–H groups in total. The summed E-state index contributed by atoms with van der Waals surface area (Å²) in [7, 11) is 0. The number of likely N-dealkylation sites (tertiary alicyclic amines) is 1. The van der Waals surface area contributed by atoms with Gasteiger partial charge in [-0.3, -0.25) is 4.79 Å². The molecule has 4 nitrogen and oxygen atoms in total. The van der Waals surface area contributed by atoms with E-state index in [-0.39, 0.29) is 11.9 Å². The fraction of sp³-hybridized carbons (Fsp3) is 0.421. The summed E-state index contributed by atoms with van der Waals surface area (Å²) < 4.78 is 11.0. The second-order valence-corrected chi connectivity index (χ2v) is 6.19. The molecule has 0 unspecified atom stereocenters. The van der Waals surface area contributed by atoms with Crippen molar-refractivity contribution in [1.82, 2.24) is 4.90 Å². The molecule has 2 aromatic carbocycles. The van der Waals surface area contributed by atoms with Gasteiger partial charge in [-0.05, 0) is 29.2 Å². The number of hydrogen-bond donors (Lipinski definition) is 0. The molecular weight excluding hydrogens is 290 g/mol. The minimum Gasteiger partial charge on any atom is -0.376 e. The first-order chi connectivity index (χ1) is 11.3. The van der Waals surface area contributed by atoms with E-state index >= 15 is 0 Å². The van der Waals surface area contributed by atoms with Crippen molar-refractivity contribution < 1.29 is 14.3 Å². The smallest absolute Gasteiger partial charge is 0.254 e. The molecule has 0 radical (unpaired) electrons. The molecule has 23 heavy (non-hydrogen) atoms. The van der Waals surface area contributed by atoms with E-state index in [0.717, 1.165) is 19.4 Å². The van der Waals surface area contributed by atoms with Crippen LogP contribution >= 0.6 is 0 Å². The van der Waals surface area contributed by atoms with Crippen LogP contribution in [-0.4, -0.2) is 43.3 Å². The maximum Gasteiger partial charge on any atom is 0.254 e. The van der Waals surface area contributed by atoms with Crippen molar-refractivity contribution in [3.05, 3.63) is 48.0 Å². The zero-order chi connectivity index (χ0) is 15.6. The van der Waals surface area contributed by atoms with Crippen molar-refractivity contribution in [1.29, 1.82) is 0 Å². The highest BCUT2D eigenvalue weighted by atomic mass is 16.6. The topological polar surface area (TPSA) is 38.8 Å². The van der Waals surface area contributed by atoms with Crippen LogP contribution in [0.5, 0.6) is 0 Å². The second kappa shape index (κ2) is 6.30. The largest absolute Gasteiger partial charge is 0.376 e. The third-order valence-electron chi connectivity index (χ3n) is 4.81. The van der Waals surface area contributed by atoms with Gasteiger partial charge >= 0.3 is 0 Å². The Kier molecular flexibility index (Phi) is 4.02. The summed E-state index contributed by atoms with van der Waals surface area (Å²) in [5.74, 6) is 0.0696. The molecule has 2 aliphatic rings. The minimum absolute atomic E-state index is 0.0696. The van der Waals surface area contributed by atoms with Crippen LogP contribution in [0.25, 0.3) is 10.8 Å². The molecule has 2 aliphatic heterocycles. The van der Waals surface area contributed by atoms with Gasteiger partial charge in [0.05, 0.1) is 25.9 Å².